The Bertz CT molecular complexity index is 223. The predicted molar refractivity (Wildman–Crippen MR) is 44.6 cm³/mol. The molecular formula is C8H14N2O2. The first-order valence-electron chi connectivity index (χ1n) is 4.03. The number of hydrogen-bond donors (Lipinski definition) is 1. The summed E-state index contributed by atoms with van der Waals surface area (Å²) in [6.45, 7) is 3.71. The van der Waals surface area contributed by atoms with E-state index in [4.69, 9.17) is 15.0 Å². The summed E-state index contributed by atoms with van der Waals surface area (Å²) in [7, 11) is 0. The summed E-state index contributed by atoms with van der Waals surface area (Å²) in [5.74, 6) is 0.768. The Hall–Kier alpha value is -0.870. The fourth-order valence-corrected chi connectivity index (χ4v) is 0.842. The van der Waals surface area contributed by atoms with Crippen LogP contribution in [0.1, 0.15) is 17.9 Å². The van der Waals surface area contributed by atoms with Gasteiger partial charge in [0.15, 0.2) is 5.76 Å². The van der Waals surface area contributed by atoms with Crippen molar-refractivity contribution >= 4 is 0 Å². The van der Waals surface area contributed by atoms with Crippen LogP contribution in [-0.4, -0.2) is 18.3 Å². The van der Waals surface area contributed by atoms with E-state index in [1.807, 2.05) is 13.0 Å². The molecule has 4 nitrogen and oxygen atoms in total. The lowest BCUT2D eigenvalue weighted by atomic mass is 10.4. The molecule has 0 aromatic carbocycles. The first-order valence-corrected chi connectivity index (χ1v) is 4.03. The van der Waals surface area contributed by atoms with E-state index in [9.17, 15) is 0 Å². The van der Waals surface area contributed by atoms with Crippen LogP contribution in [0.25, 0.3) is 0 Å². The molecule has 1 aromatic heterocycles. The molecule has 0 saturated heterocycles. The van der Waals surface area contributed by atoms with Gasteiger partial charge in [-0.3, -0.25) is 0 Å². The molecule has 4 heteroatoms. The van der Waals surface area contributed by atoms with Gasteiger partial charge in [0.1, 0.15) is 6.61 Å². The average molecular weight is 170 g/mol. The molecule has 0 saturated carbocycles. The molecule has 0 spiro atoms. The fourth-order valence-electron chi connectivity index (χ4n) is 0.842. The SMILES string of the molecule is Cc1cc(COCCCN)on1. The van der Waals surface area contributed by atoms with E-state index in [0.29, 0.717) is 19.8 Å². The van der Waals surface area contributed by atoms with Gasteiger partial charge in [-0.25, -0.2) is 0 Å². The first-order chi connectivity index (χ1) is 5.83. The van der Waals surface area contributed by atoms with Crippen molar-refractivity contribution in [3.05, 3.63) is 17.5 Å². The van der Waals surface area contributed by atoms with Crippen molar-refractivity contribution in [2.45, 2.75) is 20.0 Å². The summed E-state index contributed by atoms with van der Waals surface area (Å²) in [6.07, 6.45) is 0.882. The topological polar surface area (TPSA) is 61.3 Å². The van der Waals surface area contributed by atoms with Crippen molar-refractivity contribution in [2.24, 2.45) is 5.73 Å². The van der Waals surface area contributed by atoms with Crippen LogP contribution in [0.15, 0.2) is 10.6 Å². The number of nitrogens with two attached hydrogens (primary N) is 1. The molecule has 1 rings (SSSR count). The molecule has 0 fully saturated rings. The zero-order chi connectivity index (χ0) is 8.81. The molecule has 0 aliphatic heterocycles. The van der Waals surface area contributed by atoms with Gasteiger partial charge in [-0.05, 0) is 19.9 Å². The minimum atomic E-state index is 0.487. The molecule has 0 bridgehead atoms. The van der Waals surface area contributed by atoms with E-state index in [1.165, 1.54) is 0 Å². The average Bonchev–Trinajstić information content (AvgIpc) is 2.45. The third-order valence-electron chi connectivity index (χ3n) is 1.41. The molecule has 12 heavy (non-hydrogen) atoms. The van der Waals surface area contributed by atoms with E-state index < -0.39 is 0 Å². The lowest BCUT2D eigenvalue weighted by Gasteiger charge is -1.98. The molecular weight excluding hydrogens is 156 g/mol. The van der Waals surface area contributed by atoms with Crippen LogP contribution in [0.2, 0.25) is 0 Å². The number of ether oxygens (including phenoxy) is 1. The standard InChI is InChI=1S/C8H14N2O2/c1-7-5-8(12-10-7)6-11-4-2-3-9/h5H,2-4,6,9H2,1H3. The number of nitrogens with zero attached hydrogens (tertiary/aromatic N) is 1. The van der Waals surface area contributed by atoms with Crippen LogP contribution in [0, 0.1) is 6.92 Å². The normalized spacial score (nSPS) is 10.5. The van der Waals surface area contributed by atoms with Crippen molar-refractivity contribution in [3.63, 3.8) is 0 Å². The van der Waals surface area contributed by atoms with E-state index in [1.54, 1.807) is 0 Å². The van der Waals surface area contributed by atoms with Crippen LogP contribution in [0.3, 0.4) is 0 Å². The van der Waals surface area contributed by atoms with E-state index in [2.05, 4.69) is 5.16 Å². The lowest BCUT2D eigenvalue weighted by Crippen LogP contribution is -2.03. The molecule has 0 amide bonds. The quantitative estimate of drug-likeness (QED) is 0.665. The Morgan fingerprint density at radius 3 is 3.08 bits per heavy atom. The Morgan fingerprint density at radius 2 is 2.50 bits per heavy atom. The van der Waals surface area contributed by atoms with E-state index in [0.717, 1.165) is 17.9 Å². The second-order valence-corrected chi connectivity index (χ2v) is 2.63. The van der Waals surface area contributed by atoms with Crippen LogP contribution in [0.5, 0.6) is 0 Å². The van der Waals surface area contributed by atoms with Crippen molar-refractivity contribution < 1.29 is 9.26 Å². The van der Waals surface area contributed by atoms with Crippen molar-refractivity contribution in [3.8, 4) is 0 Å². The molecule has 1 heterocycles. The Balaban J connectivity index is 2.15. The lowest BCUT2D eigenvalue weighted by molar-refractivity contribution is 0.100. The minimum absolute atomic E-state index is 0.487. The number of aromatic nitrogens is 1. The Morgan fingerprint density at radius 1 is 1.67 bits per heavy atom. The van der Waals surface area contributed by atoms with E-state index in [-0.39, 0.29) is 0 Å². The zero-order valence-electron chi connectivity index (χ0n) is 7.25. The van der Waals surface area contributed by atoms with Crippen molar-refractivity contribution in [2.75, 3.05) is 13.2 Å². The molecule has 68 valence electrons. The molecule has 2 N–H and O–H groups in total. The van der Waals surface area contributed by atoms with Gasteiger partial charge in [0.25, 0.3) is 0 Å². The third-order valence-corrected chi connectivity index (χ3v) is 1.41. The Kier molecular flexibility index (Phi) is 3.76. The van der Waals surface area contributed by atoms with Crippen LogP contribution >= 0.6 is 0 Å². The predicted octanol–water partition coefficient (Wildman–Crippen LogP) is 0.848. The summed E-state index contributed by atoms with van der Waals surface area (Å²) in [6, 6.07) is 1.86. The highest BCUT2D eigenvalue weighted by Crippen LogP contribution is 2.03. The molecule has 0 unspecified atom stereocenters. The highest BCUT2D eigenvalue weighted by molar-refractivity contribution is 5.01. The van der Waals surface area contributed by atoms with Gasteiger partial charge in [-0.1, -0.05) is 5.16 Å². The fraction of sp³-hybridized carbons (Fsp3) is 0.625. The van der Waals surface area contributed by atoms with Gasteiger partial charge < -0.3 is 15.0 Å². The summed E-state index contributed by atoms with van der Waals surface area (Å²) in [4.78, 5) is 0. The van der Waals surface area contributed by atoms with Gasteiger partial charge in [0.2, 0.25) is 0 Å². The second kappa shape index (κ2) is 4.90. The third kappa shape index (κ3) is 3.02. The maximum Gasteiger partial charge on any atom is 0.162 e. The van der Waals surface area contributed by atoms with Gasteiger partial charge >= 0.3 is 0 Å². The van der Waals surface area contributed by atoms with Crippen molar-refractivity contribution in [1.29, 1.82) is 0 Å². The molecule has 0 aliphatic rings. The van der Waals surface area contributed by atoms with Crippen molar-refractivity contribution in [1.82, 2.24) is 5.16 Å². The Labute approximate surface area is 71.7 Å². The summed E-state index contributed by atoms with van der Waals surface area (Å²) in [5, 5.41) is 3.74. The second-order valence-electron chi connectivity index (χ2n) is 2.63. The maximum absolute atomic E-state index is 5.30. The largest absolute Gasteiger partial charge is 0.373 e. The molecule has 1 aromatic rings. The summed E-state index contributed by atoms with van der Waals surface area (Å²) < 4.78 is 10.2. The van der Waals surface area contributed by atoms with E-state index >= 15 is 0 Å². The highest BCUT2D eigenvalue weighted by atomic mass is 16.5. The molecule has 0 radical (unpaired) electrons. The number of aryl methyl sites for hydroxylation is 1. The zero-order valence-corrected chi connectivity index (χ0v) is 7.25. The summed E-state index contributed by atoms with van der Waals surface area (Å²) in [5.41, 5.74) is 6.18. The van der Waals surface area contributed by atoms with Crippen LogP contribution < -0.4 is 5.73 Å². The first kappa shape index (κ1) is 9.22. The summed E-state index contributed by atoms with van der Waals surface area (Å²) >= 11 is 0. The number of rotatable bonds is 5. The molecule has 0 aliphatic carbocycles. The van der Waals surface area contributed by atoms with Gasteiger partial charge in [-0.15, -0.1) is 0 Å². The maximum atomic E-state index is 5.30. The smallest absolute Gasteiger partial charge is 0.162 e. The van der Waals surface area contributed by atoms with Gasteiger partial charge in [0.05, 0.1) is 5.69 Å². The monoisotopic (exact) mass is 170 g/mol. The highest BCUT2D eigenvalue weighted by Gasteiger charge is 1.99. The van der Waals surface area contributed by atoms with Gasteiger partial charge in [0, 0.05) is 12.7 Å². The molecule has 0 atom stereocenters. The van der Waals surface area contributed by atoms with Crippen LogP contribution in [-0.2, 0) is 11.3 Å². The van der Waals surface area contributed by atoms with Gasteiger partial charge in [-0.2, -0.15) is 0 Å². The number of hydrogen-bond acceptors (Lipinski definition) is 4. The minimum Gasteiger partial charge on any atom is -0.373 e. The van der Waals surface area contributed by atoms with Crippen LogP contribution in [0.4, 0.5) is 0 Å².